The predicted octanol–water partition coefficient (Wildman–Crippen LogP) is 8.70. The summed E-state index contributed by atoms with van der Waals surface area (Å²) in [6, 6.07) is 9.88. The normalized spacial score (nSPS) is 13.6. The van der Waals surface area contributed by atoms with E-state index in [9.17, 15) is 17.6 Å². The molecule has 2 aromatic rings. The molecule has 0 radical (unpaired) electrons. The zero-order valence-corrected chi connectivity index (χ0v) is 24.5. The molecule has 0 heterocycles. The standard InChI is InChI=1S/C32H39F4N3O2/c1-7-10-12-29(32(34,35)36)37-20-23(9-3)21-38-31(39-30(41-6)13-11-8-2)27-18-25(19-28(40-5)22(27)4)24-14-16-26(33)17-15-24/h9,12-20H,7-8,10-11,21H2,1-6H3,(H,38,39)/b23-9+,29-12+,30-13-,37-20+. The van der Waals surface area contributed by atoms with Crippen LogP contribution in [0.5, 0.6) is 5.75 Å². The molecule has 0 spiro atoms. The highest BCUT2D eigenvalue weighted by atomic mass is 19.4. The number of rotatable bonds is 13. The van der Waals surface area contributed by atoms with Gasteiger partial charge >= 0.3 is 6.18 Å². The molecule has 0 bridgehead atoms. The van der Waals surface area contributed by atoms with E-state index in [-0.39, 0.29) is 18.8 Å². The lowest BCUT2D eigenvalue weighted by molar-refractivity contribution is -0.0925. The monoisotopic (exact) mass is 573 g/mol. The minimum atomic E-state index is -4.55. The molecule has 0 aliphatic rings. The third-order valence-electron chi connectivity index (χ3n) is 6.17. The van der Waals surface area contributed by atoms with Gasteiger partial charge in [-0.2, -0.15) is 13.2 Å². The second kappa shape index (κ2) is 16.4. The molecular weight excluding hydrogens is 534 g/mol. The Morgan fingerprint density at radius 3 is 2.20 bits per heavy atom. The highest BCUT2D eigenvalue weighted by molar-refractivity contribution is 6.03. The Morgan fingerprint density at radius 1 is 0.976 bits per heavy atom. The smallest absolute Gasteiger partial charge is 0.433 e. The lowest BCUT2D eigenvalue weighted by Crippen LogP contribution is -2.26. The molecule has 0 amide bonds. The van der Waals surface area contributed by atoms with Gasteiger partial charge in [-0.05, 0) is 73.7 Å². The third-order valence-corrected chi connectivity index (χ3v) is 6.17. The Balaban J connectivity index is 2.61. The summed E-state index contributed by atoms with van der Waals surface area (Å²) in [7, 11) is 3.10. The Labute approximate surface area is 240 Å². The van der Waals surface area contributed by atoms with Crippen LogP contribution in [0.2, 0.25) is 0 Å². The summed E-state index contributed by atoms with van der Waals surface area (Å²) in [5.41, 5.74) is 2.59. The van der Waals surface area contributed by atoms with Crippen LogP contribution in [-0.2, 0) is 4.74 Å². The van der Waals surface area contributed by atoms with E-state index in [4.69, 9.17) is 14.5 Å². The van der Waals surface area contributed by atoms with Crippen LogP contribution in [0.4, 0.5) is 17.6 Å². The van der Waals surface area contributed by atoms with E-state index in [1.165, 1.54) is 18.3 Å². The molecule has 0 unspecified atom stereocenters. The van der Waals surface area contributed by atoms with Crippen molar-refractivity contribution < 1.29 is 27.0 Å². The van der Waals surface area contributed by atoms with Gasteiger partial charge in [0.15, 0.2) is 5.88 Å². The summed E-state index contributed by atoms with van der Waals surface area (Å²) in [6.07, 6.45) is 3.84. The van der Waals surface area contributed by atoms with Gasteiger partial charge in [0, 0.05) is 17.3 Å². The van der Waals surface area contributed by atoms with Gasteiger partial charge < -0.3 is 14.8 Å². The number of benzene rings is 2. The fourth-order valence-corrected chi connectivity index (χ4v) is 3.78. The molecule has 2 aromatic carbocycles. The number of halogens is 4. The molecule has 222 valence electrons. The number of nitrogens with zero attached hydrogens (tertiary/aromatic N) is 2. The van der Waals surface area contributed by atoms with Crippen LogP contribution in [0.3, 0.4) is 0 Å². The van der Waals surface area contributed by atoms with E-state index in [1.807, 2.05) is 32.1 Å². The second-order valence-electron chi connectivity index (χ2n) is 9.21. The number of methoxy groups -OCH3 is 2. The molecule has 0 aromatic heterocycles. The van der Waals surface area contributed by atoms with Gasteiger partial charge in [0.2, 0.25) is 0 Å². The largest absolute Gasteiger partial charge is 0.496 e. The van der Waals surface area contributed by atoms with Crippen molar-refractivity contribution in [3.05, 3.63) is 88.7 Å². The quantitative estimate of drug-likeness (QED) is 0.113. The lowest BCUT2D eigenvalue weighted by atomic mass is 9.97. The fourth-order valence-electron chi connectivity index (χ4n) is 3.78. The number of amidine groups is 1. The third kappa shape index (κ3) is 10.2. The Hall–Kier alpha value is -3.88. The van der Waals surface area contributed by atoms with Crippen molar-refractivity contribution in [3.63, 3.8) is 0 Å². The zero-order chi connectivity index (χ0) is 30.4. The topological polar surface area (TPSA) is 55.2 Å². The number of nitrogens with one attached hydrogen (secondary N) is 1. The molecule has 2 rings (SSSR count). The van der Waals surface area contributed by atoms with Crippen LogP contribution in [0.25, 0.3) is 11.1 Å². The zero-order valence-electron chi connectivity index (χ0n) is 24.5. The van der Waals surface area contributed by atoms with Crippen molar-refractivity contribution in [1.29, 1.82) is 0 Å². The summed E-state index contributed by atoms with van der Waals surface area (Å²) in [4.78, 5) is 8.50. The van der Waals surface area contributed by atoms with Crippen LogP contribution in [-0.4, -0.2) is 39.0 Å². The summed E-state index contributed by atoms with van der Waals surface area (Å²) in [6.45, 7) is 7.50. The number of ether oxygens (including phenoxy) is 2. The SMILES string of the molecule is C\C=C(/C=N/C(=C/CCC)C(F)(F)F)CN=C(N/C(=C/CCC)OC)c1cc(-c2ccc(F)cc2)cc(OC)c1C. The molecule has 0 atom stereocenters. The van der Waals surface area contributed by atoms with Crippen LogP contribution in [0.15, 0.2) is 81.8 Å². The molecule has 1 N–H and O–H groups in total. The van der Waals surface area contributed by atoms with Gasteiger partial charge in [0.05, 0.1) is 20.8 Å². The molecule has 9 heteroatoms. The van der Waals surface area contributed by atoms with Crippen molar-refractivity contribution in [2.45, 2.75) is 59.6 Å². The van der Waals surface area contributed by atoms with Gasteiger partial charge in [0.25, 0.3) is 0 Å². The minimum Gasteiger partial charge on any atom is -0.496 e. The highest BCUT2D eigenvalue weighted by Crippen LogP contribution is 2.31. The van der Waals surface area contributed by atoms with E-state index in [0.29, 0.717) is 35.0 Å². The van der Waals surface area contributed by atoms with Gasteiger partial charge in [-0.25, -0.2) is 4.39 Å². The molecule has 5 nitrogen and oxygen atoms in total. The van der Waals surface area contributed by atoms with Crippen LogP contribution >= 0.6 is 0 Å². The maximum atomic E-state index is 13.6. The molecule has 0 aliphatic carbocycles. The molecule has 0 aliphatic heterocycles. The average molecular weight is 574 g/mol. The average Bonchev–Trinajstić information content (AvgIpc) is 2.95. The van der Waals surface area contributed by atoms with Crippen LogP contribution < -0.4 is 10.1 Å². The van der Waals surface area contributed by atoms with Crippen molar-refractivity contribution in [2.24, 2.45) is 9.98 Å². The maximum absolute atomic E-state index is 13.6. The summed E-state index contributed by atoms with van der Waals surface area (Å²) in [5.74, 6) is 1.16. The first kappa shape index (κ1) is 33.3. The number of hydrogen-bond acceptors (Lipinski definition) is 4. The fraction of sp³-hybridized carbons (Fsp3) is 0.375. The van der Waals surface area contributed by atoms with Crippen LogP contribution in [0, 0.1) is 12.7 Å². The van der Waals surface area contributed by atoms with Gasteiger partial charge in [-0.1, -0.05) is 51.0 Å². The number of aliphatic imine (C=N–C) groups is 2. The van der Waals surface area contributed by atoms with E-state index < -0.39 is 11.9 Å². The minimum absolute atomic E-state index is 0.0502. The lowest BCUT2D eigenvalue weighted by Gasteiger charge is -2.18. The van der Waals surface area contributed by atoms with Crippen molar-refractivity contribution in [1.82, 2.24) is 5.32 Å². The number of alkyl halides is 3. The van der Waals surface area contributed by atoms with Crippen molar-refractivity contribution >= 4 is 12.1 Å². The van der Waals surface area contributed by atoms with E-state index >= 15 is 0 Å². The molecular formula is C32H39F4N3O2. The number of allylic oxidation sites excluding steroid dienone is 4. The van der Waals surface area contributed by atoms with E-state index in [1.54, 1.807) is 46.3 Å². The maximum Gasteiger partial charge on any atom is 0.433 e. The van der Waals surface area contributed by atoms with Gasteiger partial charge in [-0.15, -0.1) is 0 Å². The molecule has 0 fully saturated rings. The Kier molecular flexibility index (Phi) is 13.3. The summed E-state index contributed by atoms with van der Waals surface area (Å²) < 4.78 is 65.1. The Bertz CT molecular complexity index is 1290. The highest BCUT2D eigenvalue weighted by Gasteiger charge is 2.33. The van der Waals surface area contributed by atoms with Crippen molar-refractivity contribution in [3.8, 4) is 16.9 Å². The molecule has 41 heavy (non-hydrogen) atoms. The first-order valence-corrected chi connectivity index (χ1v) is 13.5. The van der Waals surface area contributed by atoms with Crippen LogP contribution in [0.1, 0.15) is 57.6 Å². The number of unbranched alkanes of at least 4 members (excludes halogenated alkanes) is 2. The first-order valence-electron chi connectivity index (χ1n) is 13.5. The molecule has 0 saturated carbocycles. The number of hydrogen-bond donors (Lipinski definition) is 1. The summed E-state index contributed by atoms with van der Waals surface area (Å²) in [5, 5.41) is 3.24. The van der Waals surface area contributed by atoms with E-state index in [2.05, 4.69) is 10.3 Å². The second-order valence-corrected chi connectivity index (χ2v) is 9.21. The van der Waals surface area contributed by atoms with Crippen molar-refractivity contribution in [2.75, 3.05) is 20.8 Å². The van der Waals surface area contributed by atoms with E-state index in [0.717, 1.165) is 35.6 Å². The van der Waals surface area contributed by atoms with Gasteiger partial charge in [-0.3, -0.25) is 9.98 Å². The summed E-state index contributed by atoms with van der Waals surface area (Å²) >= 11 is 0. The first-order chi connectivity index (χ1) is 19.6. The van der Waals surface area contributed by atoms with Gasteiger partial charge in [0.1, 0.15) is 23.1 Å². The predicted molar refractivity (Wildman–Crippen MR) is 159 cm³/mol. The Morgan fingerprint density at radius 2 is 1.63 bits per heavy atom. The molecule has 0 saturated heterocycles.